The summed E-state index contributed by atoms with van der Waals surface area (Å²) in [6.07, 6.45) is 0. The molecule has 0 saturated heterocycles. The second-order valence-electron chi connectivity index (χ2n) is 14.4. The van der Waals surface area contributed by atoms with E-state index in [0.717, 1.165) is 0 Å². The molecule has 0 bridgehead atoms. The third-order valence-corrected chi connectivity index (χ3v) is 12.8. The molecule has 10 aromatic rings. The van der Waals surface area contributed by atoms with Crippen LogP contribution < -0.4 is 25.5 Å². The maximum atomic E-state index is 2.55. The molecule has 0 N–H and O–H groups in total. The lowest BCUT2D eigenvalue weighted by Crippen LogP contribution is -2.60. The van der Waals surface area contributed by atoms with Crippen molar-refractivity contribution in [3.05, 3.63) is 188 Å². The van der Waals surface area contributed by atoms with Crippen LogP contribution in [-0.2, 0) is 0 Å². The lowest BCUT2D eigenvalue weighted by atomic mass is 9.36. The van der Waals surface area contributed by atoms with Gasteiger partial charge in [0.25, 0.3) is 6.71 Å². The summed E-state index contributed by atoms with van der Waals surface area (Å²) in [7, 11) is 0. The normalized spacial score (nSPS) is 13.1. The Kier molecular flexibility index (Phi) is 6.34. The van der Waals surface area contributed by atoms with Crippen molar-refractivity contribution in [1.82, 2.24) is 0 Å². The van der Waals surface area contributed by atoms with Crippen molar-refractivity contribution in [3.63, 3.8) is 0 Å². The Labute approximate surface area is 317 Å². The number of hydrogen-bond acceptors (Lipinski definition) is 3. The molecule has 2 aliphatic heterocycles. The van der Waals surface area contributed by atoms with E-state index in [2.05, 4.69) is 198 Å². The van der Waals surface area contributed by atoms with Crippen LogP contribution in [0.5, 0.6) is 0 Å². The van der Waals surface area contributed by atoms with E-state index in [1.165, 1.54) is 103 Å². The number of benzene rings is 9. The van der Waals surface area contributed by atoms with E-state index in [-0.39, 0.29) is 6.71 Å². The van der Waals surface area contributed by atoms with Crippen molar-refractivity contribution in [1.29, 1.82) is 0 Å². The Morgan fingerprint density at radius 1 is 0.370 bits per heavy atom. The molecule has 0 aliphatic carbocycles. The molecular formula is C50H31BN2S. The Balaban J connectivity index is 1.16. The second-order valence-corrected chi connectivity index (χ2v) is 15.4. The SMILES string of the molecule is c1ccc(N2c3cccc4c3B(c3ccccc3N4c3ccccc3-c3cccc4c5ccccc5c5ccccc5c34)c3sc4ccccc4c32)cc1. The highest BCUT2D eigenvalue weighted by Crippen LogP contribution is 2.50. The van der Waals surface area contributed by atoms with Crippen LogP contribution >= 0.6 is 11.3 Å². The van der Waals surface area contributed by atoms with Crippen molar-refractivity contribution < 1.29 is 0 Å². The van der Waals surface area contributed by atoms with Crippen LogP contribution in [0.3, 0.4) is 0 Å². The summed E-state index contributed by atoms with van der Waals surface area (Å²) in [6, 6.07) is 69.5. The number of para-hydroxylation sites is 3. The van der Waals surface area contributed by atoms with Crippen LogP contribution in [0.4, 0.5) is 34.1 Å². The van der Waals surface area contributed by atoms with E-state index in [1.807, 2.05) is 11.3 Å². The summed E-state index contributed by atoms with van der Waals surface area (Å²) < 4.78 is 2.71. The molecule has 0 atom stereocenters. The first-order valence-corrected chi connectivity index (χ1v) is 19.5. The molecule has 0 amide bonds. The van der Waals surface area contributed by atoms with E-state index in [1.54, 1.807) is 0 Å². The molecular weight excluding hydrogens is 671 g/mol. The van der Waals surface area contributed by atoms with Gasteiger partial charge in [0.2, 0.25) is 0 Å². The number of hydrogen-bond donors (Lipinski definition) is 0. The van der Waals surface area contributed by atoms with Crippen LogP contribution in [-0.4, -0.2) is 6.71 Å². The van der Waals surface area contributed by atoms with Crippen LogP contribution in [0.15, 0.2) is 188 Å². The van der Waals surface area contributed by atoms with Crippen LogP contribution in [0.2, 0.25) is 0 Å². The topological polar surface area (TPSA) is 6.48 Å². The molecule has 0 unspecified atom stereocenters. The number of thiophene rings is 1. The molecule has 250 valence electrons. The standard InChI is InChI=1S/C50H31BN2S/c1-2-16-32(17-3-1)52-44-29-15-30-45-48(44)51(50-49(52)40-23-9-13-31-46(40)54-50)41-26-10-12-28-43(41)53(45)42-27-11-8-21-36(42)39-25-14-24-38-35-19-5-4-18-33(35)34-20-6-7-22-37(34)47(38)39/h1-31H. The number of rotatable bonds is 3. The first-order valence-electron chi connectivity index (χ1n) is 18.7. The highest BCUT2D eigenvalue weighted by molar-refractivity contribution is 7.33. The molecule has 3 heterocycles. The van der Waals surface area contributed by atoms with Crippen molar-refractivity contribution in [2.45, 2.75) is 0 Å². The summed E-state index contributed by atoms with van der Waals surface area (Å²) in [5.74, 6) is 0. The molecule has 1 aromatic heterocycles. The average molecular weight is 703 g/mol. The minimum Gasteiger partial charge on any atom is -0.311 e. The van der Waals surface area contributed by atoms with Gasteiger partial charge in [-0.05, 0) is 91.3 Å². The van der Waals surface area contributed by atoms with Crippen LogP contribution in [0.25, 0.3) is 53.5 Å². The lowest BCUT2D eigenvalue weighted by molar-refractivity contribution is 1.26. The van der Waals surface area contributed by atoms with Gasteiger partial charge in [-0.1, -0.05) is 146 Å². The molecule has 4 heteroatoms. The van der Waals surface area contributed by atoms with Gasteiger partial charge in [-0.3, -0.25) is 0 Å². The number of nitrogens with zero attached hydrogens (tertiary/aromatic N) is 2. The van der Waals surface area contributed by atoms with Gasteiger partial charge in [-0.15, -0.1) is 11.3 Å². The maximum Gasteiger partial charge on any atom is 0.264 e. The van der Waals surface area contributed by atoms with Gasteiger partial charge in [0.15, 0.2) is 0 Å². The van der Waals surface area contributed by atoms with E-state index in [4.69, 9.17) is 0 Å². The predicted octanol–water partition coefficient (Wildman–Crippen LogP) is 12.1. The molecule has 0 radical (unpaired) electrons. The van der Waals surface area contributed by atoms with Gasteiger partial charge in [-0.2, -0.15) is 0 Å². The third-order valence-electron chi connectivity index (χ3n) is 11.6. The van der Waals surface area contributed by atoms with Gasteiger partial charge in [0.1, 0.15) is 0 Å². The van der Waals surface area contributed by atoms with E-state index < -0.39 is 0 Å². The summed E-state index contributed by atoms with van der Waals surface area (Å²) in [4.78, 5) is 5.06. The Morgan fingerprint density at radius 3 is 1.67 bits per heavy atom. The van der Waals surface area contributed by atoms with Gasteiger partial charge >= 0.3 is 0 Å². The molecule has 12 rings (SSSR count). The molecule has 54 heavy (non-hydrogen) atoms. The zero-order valence-electron chi connectivity index (χ0n) is 29.3. The van der Waals surface area contributed by atoms with Gasteiger partial charge in [0.05, 0.1) is 11.4 Å². The Morgan fingerprint density at radius 2 is 0.889 bits per heavy atom. The second kappa shape index (κ2) is 11.4. The first kappa shape index (κ1) is 29.9. The quantitative estimate of drug-likeness (QED) is 0.134. The summed E-state index contributed by atoms with van der Waals surface area (Å²) in [5.41, 5.74) is 12.5. The van der Waals surface area contributed by atoms with Gasteiger partial charge in [-0.25, -0.2) is 0 Å². The lowest BCUT2D eigenvalue weighted by Gasteiger charge is -2.43. The van der Waals surface area contributed by atoms with E-state index >= 15 is 0 Å². The average Bonchev–Trinajstić information content (AvgIpc) is 3.63. The molecule has 2 aliphatic rings. The largest absolute Gasteiger partial charge is 0.311 e. The third kappa shape index (κ3) is 4.06. The van der Waals surface area contributed by atoms with Crippen molar-refractivity contribution in [3.8, 4) is 11.1 Å². The number of anilines is 6. The Hall–Kier alpha value is -6.62. The highest BCUT2D eigenvalue weighted by atomic mass is 32.1. The maximum absolute atomic E-state index is 2.55. The fourth-order valence-corrected chi connectivity index (χ4v) is 10.8. The molecule has 0 spiro atoms. The predicted molar refractivity (Wildman–Crippen MR) is 234 cm³/mol. The molecule has 0 saturated carbocycles. The molecule has 0 fully saturated rings. The number of fused-ring (bicyclic) bond motifs is 12. The fourth-order valence-electron chi connectivity index (χ4n) is 9.50. The first-order chi connectivity index (χ1) is 26.8. The zero-order chi connectivity index (χ0) is 35.3. The molecule has 9 aromatic carbocycles. The van der Waals surface area contributed by atoms with Crippen molar-refractivity contribution in [2.24, 2.45) is 0 Å². The molecule has 2 nitrogen and oxygen atoms in total. The van der Waals surface area contributed by atoms with Crippen molar-refractivity contribution >= 4 is 110 Å². The highest BCUT2D eigenvalue weighted by Gasteiger charge is 2.45. The summed E-state index contributed by atoms with van der Waals surface area (Å²) >= 11 is 1.94. The monoisotopic (exact) mass is 702 g/mol. The zero-order valence-corrected chi connectivity index (χ0v) is 30.1. The minimum absolute atomic E-state index is 0.107. The minimum atomic E-state index is 0.107. The van der Waals surface area contributed by atoms with Crippen LogP contribution in [0, 0.1) is 0 Å². The van der Waals surface area contributed by atoms with E-state index in [9.17, 15) is 0 Å². The summed E-state index contributed by atoms with van der Waals surface area (Å²) in [5, 5.41) is 9.03. The van der Waals surface area contributed by atoms with E-state index in [0.29, 0.717) is 0 Å². The smallest absolute Gasteiger partial charge is 0.264 e. The van der Waals surface area contributed by atoms with Gasteiger partial charge in [0, 0.05) is 43.2 Å². The summed E-state index contributed by atoms with van der Waals surface area (Å²) in [6.45, 7) is 0.107. The fraction of sp³-hybridized carbons (Fsp3) is 0. The van der Waals surface area contributed by atoms with Crippen LogP contribution in [0.1, 0.15) is 0 Å². The van der Waals surface area contributed by atoms with Crippen molar-refractivity contribution in [2.75, 3.05) is 9.80 Å². The van der Waals surface area contributed by atoms with Gasteiger partial charge < -0.3 is 9.80 Å². The Bertz CT molecular complexity index is 3100.